The van der Waals surface area contributed by atoms with Gasteiger partial charge in [-0.1, -0.05) is 26.8 Å². The van der Waals surface area contributed by atoms with Gasteiger partial charge in [0.25, 0.3) is 0 Å². The Labute approximate surface area is 134 Å². The molecule has 0 aromatic rings. The highest BCUT2D eigenvalue weighted by Gasteiger charge is 2.39. The zero-order valence-electron chi connectivity index (χ0n) is 13.7. The van der Waals surface area contributed by atoms with Crippen molar-refractivity contribution < 1.29 is 4.43 Å². The zero-order chi connectivity index (χ0) is 14.8. The van der Waals surface area contributed by atoms with Crippen LogP contribution in [0, 0.1) is 0 Å². The second-order valence-electron chi connectivity index (χ2n) is 7.48. The maximum absolute atomic E-state index is 6.61. The lowest BCUT2D eigenvalue weighted by Crippen LogP contribution is -2.44. The Morgan fingerprint density at radius 3 is 2.40 bits per heavy atom. The van der Waals surface area contributed by atoms with E-state index in [0.29, 0.717) is 11.1 Å². The Bertz CT molecular complexity index is 354. The van der Waals surface area contributed by atoms with Crippen LogP contribution < -0.4 is 0 Å². The second kappa shape index (κ2) is 6.80. The first kappa shape index (κ1) is 17.0. The van der Waals surface area contributed by atoms with E-state index in [0.717, 1.165) is 4.58 Å². The van der Waals surface area contributed by atoms with Crippen molar-refractivity contribution in [3.8, 4) is 0 Å². The average molecular weight is 331 g/mol. The van der Waals surface area contributed by atoms with Gasteiger partial charge in [0.1, 0.15) is 0 Å². The van der Waals surface area contributed by atoms with Crippen LogP contribution in [0.25, 0.3) is 0 Å². The monoisotopic (exact) mass is 330 g/mol. The fourth-order valence-corrected chi connectivity index (χ4v) is 6.77. The quantitative estimate of drug-likeness (QED) is 0.486. The minimum Gasteiger partial charge on any atom is -0.411 e. The molecule has 20 heavy (non-hydrogen) atoms. The van der Waals surface area contributed by atoms with Gasteiger partial charge in [0, 0.05) is 0 Å². The van der Waals surface area contributed by atoms with Crippen LogP contribution in [0.15, 0.2) is 11.6 Å². The van der Waals surface area contributed by atoms with Crippen LogP contribution in [0.2, 0.25) is 18.1 Å². The summed E-state index contributed by atoms with van der Waals surface area (Å²) >= 11 is 4.29. The van der Waals surface area contributed by atoms with Crippen molar-refractivity contribution in [3.63, 3.8) is 0 Å². The van der Waals surface area contributed by atoms with Gasteiger partial charge in [0.2, 0.25) is 0 Å². The third kappa shape index (κ3) is 4.31. The Morgan fingerprint density at radius 1 is 1.15 bits per heavy atom. The van der Waals surface area contributed by atoms with Crippen LogP contribution >= 0.6 is 23.5 Å². The van der Waals surface area contributed by atoms with E-state index in [2.05, 4.69) is 63.5 Å². The fraction of sp³-hybridized carbons (Fsp3) is 0.875. The molecule has 1 nitrogen and oxygen atoms in total. The molecule has 1 aliphatic carbocycles. The Kier molecular flexibility index (Phi) is 5.77. The molecule has 116 valence electrons. The first-order chi connectivity index (χ1) is 9.29. The third-order valence-corrected chi connectivity index (χ3v) is 12.3. The zero-order valence-corrected chi connectivity index (χ0v) is 16.3. The minimum atomic E-state index is -1.63. The maximum atomic E-state index is 6.61. The van der Waals surface area contributed by atoms with E-state index in [1.807, 2.05) is 0 Å². The summed E-state index contributed by atoms with van der Waals surface area (Å²) in [7, 11) is -1.63. The standard InChI is InChI=1S/C16H30OS2Si/c1-16(2,3)20(4,5)17-14-9-6-8-13(12-14)15-18-10-7-11-19-15/h12,14-15H,6-11H2,1-5H3. The summed E-state index contributed by atoms with van der Waals surface area (Å²) in [5.74, 6) is 2.67. The maximum Gasteiger partial charge on any atom is 0.192 e. The highest BCUT2D eigenvalue weighted by Crippen LogP contribution is 2.42. The molecule has 0 saturated carbocycles. The van der Waals surface area contributed by atoms with Gasteiger partial charge < -0.3 is 4.43 Å². The van der Waals surface area contributed by atoms with E-state index in [4.69, 9.17) is 4.43 Å². The molecule has 2 rings (SSSR count). The van der Waals surface area contributed by atoms with Crippen molar-refractivity contribution in [1.29, 1.82) is 0 Å². The molecule has 0 radical (unpaired) electrons. The summed E-state index contributed by atoms with van der Waals surface area (Å²) < 4.78 is 7.33. The molecule has 0 aromatic carbocycles. The normalized spacial score (nSPS) is 26.4. The van der Waals surface area contributed by atoms with Crippen LogP contribution in [0.5, 0.6) is 0 Å². The fourth-order valence-electron chi connectivity index (χ4n) is 2.46. The predicted octanol–water partition coefficient (Wildman–Crippen LogP) is 5.68. The summed E-state index contributed by atoms with van der Waals surface area (Å²) in [4.78, 5) is 0. The summed E-state index contributed by atoms with van der Waals surface area (Å²) in [6.07, 6.45) is 8.06. The largest absolute Gasteiger partial charge is 0.411 e. The van der Waals surface area contributed by atoms with E-state index in [1.165, 1.54) is 37.2 Å². The Balaban J connectivity index is 2.02. The SMILES string of the molecule is CC(C)(C)[Si](C)(C)OC1C=C(C2SCCCS2)CCC1. The third-order valence-electron chi connectivity index (χ3n) is 4.74. The summed E-state index contributed by atoms with van der Waals surface area (Å²) in [5.41, 5.74) is 1.66. The number of hydrogen-bond acceptors (Lipinski definition) is 3. The molecular formula is C16H30OS2Si. The lowest BCUT2D eigenvalue weighted by molar-refractivity contribution is 0.205. The van der Waals surface area contributed by atoms with Gasteiger partial charge in [-0.25, -0.2) is 0 Å². The van der Waals surface area contributed by atoms with E-state index in [1.54, 1.807) is 5.57 Å². The van der Waals surface area contributed by atoms with Gasteiger partial charge in [-0.3, -0.25) is 0 Å². The Hall–Kier alpha value is 0.617. The van der Waals surface area contributed by atoms with Crippen LogP contribution in [-0.2, 0) is 4.43 Å². The molecule has 1 heterocycles. The van der Waals surface area contributed by atoms with Crippen molar-refractivity contribution in [2.75, 3.05) is 11.5 Å². The van der Waals surface area contributed by atoms with Gasteiger partial charge in [-0.05, 0) is 60.9 Å². The van der Waals surface area contributed by atoms with Crippen LogP contribution in [0.3, 0.4) is 0 Å². The second-order valence-corrected chi connectivity index (χ2v) is 15.0. The highest BCUT2D eigenvalue weighted by molar-refractivity contribution is 8.17. The molecule has 4 heteroatoms. The summed E-state index contributed by atoms with van der Waals surface area (Å²) in [6.45, 7) is 11.7. The lowest BCUT2D eigenvalue weighted by atomic mass is 9.99. The molecule has 0 N–H and O–H groups in total. The Morgan fingerprint density at radius 2 is 1.80 bits per heavy atom. The van der Waals surface area contributed by atoms with Gasteiger partial charge in [0.05, 0.1) is 10.7 Å². The molecule has 1 saturated heterocycles. The van der Waals surface area contributed by atoms with Gasteiger partial charge in [0.15, 0.2) is 8.32 Å². The van der Waals surface area contributed by atoms with Gasteiger partial charge in [-0.15, -0.1) is 23.5 Å². The molecule has 0 amide bonds. The molecule has 1 aliphatic heterocycles. The van der Waals surface area contributed by atoms with Crippen molar-refractivity contribution in [3.05, 3.63) is 11.6 Å². The van der Waals surface area contributed by atoms with Crippen molar-refractivity contribution in [2.24, 2.45) is 0 Å². The molecule has 0 aromatic heterocycles. The van der Waals surface area contributed by atoms with Crippen LogP contribution in [0.1, 0.15) is 46.5 Å². The molecule has 1 atom stereocenters. The van der Waals surface area contributed by atoms with Crippen LogP contribution in [0.4, 0.5) is 0 Å². The van der Waals surface area contributed by atoms with Crippen molar-refractivity contribution in [1.82, 2.24) is 0 Å². The number of rotatable bonds is 3. The first-order valence-corrected chi connectivity index (χ1v) is 12.9. The summed E-state index contributed by atoms with van der Waals surface area (Å²) in [5, 5.41) is 0.312. The smallest absolute Gasteiger partial charge is 0.192 e. The number of hydrogen-bond donors (Lipinski definition) is 0. The average Bonchev–Trinajstić information content (AvgIpc) is 2.38. The molecule has 0 spiro atoms. The van der Waals surface area contributed by atoms with E-state index >= 15 is 0 Å². The van der Waals surface area contributed by atoms with E-state index in [-0.39, 0.29) is 0 Å². The van der Waals surface area contributed by atoms with Crippen LogP contribution in [-0.4, -0.2) is 30.5 Å². The number of thioether (sulfide) groups is 2. The minimum absolute atomic E-state index is 0.312. The lowest BCUT2D eigenvalue weighted by Gasteiger charge is -2.40. The van der Waals surface area contributed by atoms with Crippen molar-refractivity contribution >= 4 is 31.8 Å². The molecule has 1 fully saturated rings. The first-order valence-electron chi connectivity index (χ1n) is 7.91. The van der Waals surface area contributed by atoms with Gasteiger partial charge in [-0.2, -0.15) is 0 Å². The highest BCUT2D eigenvalue weighted by atomic mass is 32.2. The molecule has 2 aliphatic rings. The van der Waals surface area contributed by atoms with E-state index in [9.17, 15) is 0 Å². The predicted molar refractivity (Wildman–Crippen MR) is 97.3 cm³/mol. The van der Waals surface area contributed by atoms with E-state index < -0.39 is 8.32 Å². The summed E-state index contributed by atoms with van der Waals surface area (Å²) in [6, 6.07) is 0. The molecule has 1 unspecified atom stereocenters. The topological polar surface area (TPSA) is 9.23 Å². The van der Waals surface area contributed by atoms with Gasteiger partial charge >= 0.3 is 0 Å². The molecule has 0 bridgehead atoms. The van der Waals surface area contributed by atoms with Crippen molar-refractivity contribution in [2.45, 2.75) is 75.3 Å². The molecular weight excluding hydrogens is 300 g/mol.